The van der Waals surface area contributed by atoms with Crippen molar-refractivity contribution in [2.75, 3.05) is 0 Å². The second kappa shape index (κ2) is 6.47. The minimum Gasteiger partial charge on any atom is -0.219 e. The standard InChI is InChI=1S/C6F13O6S3/c7-2(8,9)4(13,14)26(20,21)1(28(24,25)6(17,18)19)27(22,23)5(15,16)3(10,11)12. The van der Waals surface area contributed by atoms with Crippen LogP contribution in [-0.2, 0) is 29.5 Å². The zero-order valence-corrected chi connectivity index (χ0v) is 14.0. The summed E-state index contributed by atoms with van der Waals surface area (Å²) in [6.45, 7) is 0. The van der Waals surface area contributed by atoms with Gasteiger partial charge < -0.3 is 0 Å². The first-order valence-electron chi connectivity index (χ1n) is 5.18. The first-order valence-corrected chi connectivity index (χ1v) is 9.63. The molecule has 0 rings (SSSR count). The van der Waals surface area contributed by atoms with Gasteiger partial charge in [-0.2, -0.15) is 57.1 Å². The number of halogens is 13. The molecule has 0 N–H and O–H groups in total. The number of hydrogen-bond donors (Lipinski definition) is 0. The van der Waals surface area contributed by atoms with Crippen molar-refractivity contribution in [1.82, 2.24) is 0 Å². The van der Waals surface area contributed by atoms with Crippen LogP contribution in [0.15, 0.2) is 0 Å². The molecule has 28 heavy (non-hydrogen) atoms. The zero-order valence-electron chi connectivity index (χ0n) is 11.6. The van der Waals surface area contributed by atoms with E-state index >= 15 is 0 Å². The number of rotatable bonds is 5. The molecule has 0 fully saturated rings. The van der Waals surface area contributed by atoms with E-state index in [0.29, 0.717) is 0 Å². The predicted molar refractivity (Wildman–Crippen MR) is 58.1 cm³/mol. The van der Waals surface area contributed by atoms with Crippen LogP contribution >= 0.6 is 0 Å². The second-order valence-corrected chi connectivity index (χ2v) is 10.7. The van der Waals surface area contributed by atoms with E-state index in [1.807, 2.05) is 0 Å². The Kier molecular flexibility index (Phi) is 6.22. The SMILES string of the molecule is O=S(=O)([C](S(=O)(=O)C(F)(F)C(F)(F)F)S(=O)(=O)C(F)(F)C(F)(F)F)C(F)(F)F. The summed E-state index contributed by atoms with van der Waals surface area (Å²) in [6.07, 6.45) is -15.3. The van der Waals surface area contributed by atoms with Crippen LogP contribution in [0.4, 0.5) is 57.1 Å². The maximum Gasteiger partial charge on any atom is 0.500 e. The van der Waals surface area contributed by atoms with Crippen LogP contribution in [0.25, 0.3) is 0 Å². The lowest BCUT2D eigenvalue weighted by Gasteiger charge is -2.28. The third-order valence-electron chi connectivity index (χ3n) is 2.30. The molecule has 0 bridgehead atoms. The Morgan fingerprint density at radius 1 is 0.429 bits per heavy atom. The monoisotopic (exact) mass is 511 g/mol. The fourth-order valence-corrected chi connectivity index (χ4v) is 7.55. The fraction of sp³-hybridized carbons (Fsp3) is 0.833. The Labute approximate surface area is 145 Å². The molecule has 0 aliphatic carbocycles. The summed E-state index contributed by atoms with van der Waals surface area (Å²) in [4.78, 5) is 0. The van der Waals surface area contributed by atoms with Gasteiger partial charge in [-0.25, -0.2) is 25.3 Å². The molecule has 0 aliphatic heterocycles. The summed E-state index contributed by atoms with van der Waals surface area (Å²) in [7, 11) is -26.5. The van der Waals surface area contributed by atoms with Gasteiger partial charge >= 0.3 is 32.3 Å². The summed E-state index contributed by atoms with van der Waals surface area (Å²) < 4.78 is 222. The molecule has 22 heteroatoms. The third-order valence-corrected chi connectivity index (χ3v) is 9.99. The first kappa shape index (κ1) is 26.9. The van der Waals surface area contributed by atoms with Gasteiger partial charge in [0.05, 0.1) is 0 Å². The fourth-order valence-electron chi connectivity index (χ4n) is 1.04. The number of sulfone groups is 3. The average molecular weight is 511 g/mol. The third kappa shape index (κ3) is 3.73. The van der Waals surface area contributed by atoms with E-state index < -0.39 is 61.8 Å². The number of hydrogen-bond acceptors (Lipinski definition) is 6. The van der Waals surface area contributed by atoms with Gasteiger partial charge in [0.15, 0.2) is 0 Å². The van der Waals surface area contributed by atoms with Crippen molar-refractivity contribution in [3.63, 3.8) is 0 Å². The molecule has 169 valence electrons. The van der Waals surface area contributed by atoms with E-state index in [9.17, 15) is 82.3 Å². The van der Waals surface area contributed by atoms with Crippen molar-refractivity contribution >= 4 is 29.5 Å². The smallest absolute Gasteiger partial charge is 0.219 e. The molecule has 0 saturated carbocycles. The second-order valence-electron chi connectivity index (χ2n) is 4.24. The summed E-state index contributed by atoms with van der Waals surface area (Å²) in [5.74, 6) is 0. The normalized spacial score (nSPS) is 16.5. The van der Waals surface area contributed by atoms with Gasteiger partial charge in [0, 0.05) is 0 Å². The van der Waals surface area contributed by atoms with E-state index in [1.165, 1.54) is 0 Å². The summed E-state index contributed by atoms with van der Waals surface area (Å²) in [6, 6.07) is 0. The van der Waals surface area contributed by atoms with Crippen molar-refractivity contribution in [3.8, 4) is 0 Å². The van der Waals surface area contributed by atoms with Crippen LogP contribution in [0, 0.1) is 3.91 Å². The van der Waals surface area contributed by atoms with Gasteiger partial charge in [0.1, 0.15) is 0 Å². The van der Waals surface area contributed by atoms with E-state index in [-0.39, 0.29) is 0 Å². The molecule has 6 nitrogen and oxygen atoms in total. The number of alkyl halides is 13. The van der Waals surface area contributed by atoms with Crippen molar-refractivity contribution in [2.24, 2.45) is 0 Å². The Balaban J connectivity index is 7.54. The molecule has 0 atom stereocenters. The van der Waals surface area contributed by atoms with Gasteiger partial charge in [0.2, 0.25) is 0 Å². The molecule has 0 saturated heterocycles. The van der Waals surface area contributed by atoms with Gasteiger partial charge in [-0.3, -0.25) is 0 Å². The van der Waals surface area contributed by atoms with Crippen LogP contribution in [0.1, 0.15) is 0 Å². The lowest BCUT2D eigenvalue weighted by Crippen LogP contribution is -2.56. The van der Waals surface area contributed by atoms with E-state index in [1.54, 1.807) is 0 Å². The van der Waals surface area contributed by atoms with Gasteiger partial charge in [-0.05, 0) is 0 Å². The van der Waals surface area contributed by atoms with Crippen molar-refractivity contribution < 1.29 is 82.3 Å². The Bertz CT molecular complexity index is 861. The topological polar surface area (TPSA) is 102 Å². The van der Waals surface area contributed by atoms with Crippen LogP contribution in [0.5, 0.6) is 0 Å². The lowest BCUT2D eigenvalue weighted by molar-refractivity contribution is -0.241. The Hall–Kier alpha value is -1.06. The molecular weight excluding hydrogens is 511 g/mol. The Morgan fingerprint density at radius 3 is 0.786 bits per heavy atom. The van der Waals surface area contributed by atoms with Gasteiger partial charge in [-0.15, -0.1) is 0 Å². The van der Waals surface area contributed by atoms with Crippen molar-refractivity contribution in [3.05, 3.63) is 3.91 Å². The van der Waals surface area contributed by atoms with Crippen LogP contribution in [0.3, 0.4) is 0 Å². The molecule has 0 aromatic rings. The first-order chi connectivity index (χ1) is 11.6. The average Bonchev–Trinajstić information content (AvgIpc) is 2.32. The molecule has 0 heterocycles. The maximum atomic E-state index is 12.9. The molecule has 0 aromatic carbocycles. The molecule has 0 spiro atoms. The van der Waals surface area contributed by atoms with E-state index in [4.69, 9.17) is 0 Å². The van der Waals surface area contributed by atoms with Gasteiger partial charge in [-0.1, -0.05) is 0 Å². The highest BCUT2D eigenvalue weighted by molar-refractivity contribution is 8.29. The minimum atomic E-state index is -8.92. The molecular formula is C6F13O6S3. The van der Waals surface area contributed by atoms with Crippen LogP contribution in [-0.4, -0.2) is 53.6 Å². The Morgan fingerprint density at radius 2 is 0.643 bits per heavy atom. The predicted octanol–water partition coefficient (Wildman–Crippen LogP) is 2.51. The largest absolute Gasteiger partial charge is 0.500 e. The van der Waals surface area contributed by atoms with Crippen LogP contribution in [0.2, 0.25) is 0 Å². The zero-order chi connectivity index (χ0) is 23.6. The highest BCUT2D eigenvalue weighted by atomic mass is 32.3. The van der Waals surface area contributed by atoms with Crippen molar-refractivity contribution in [1.29, 1.82) is 0 Å². The van der Waals surface area contributed by atoms with Crippen molar-refractivity contribution in [2.45, 2.75) is 28.4 Å². The molecule has 0 aliphatic rings. The van der Waals surface area contributed by atoms with E-state index in [0.717, 1.165) is 0 Å². The molecule has 0 amide bonds. The van der Waals surface area contributed by atoms with Crippen LogP contribution < -0.4 is 0 Å². The quantitative estimate of drug-likeness (QED) is 0.526. The highest BCUT2D eigenvalue weighted by Gasteiger charge is 2.82. The summed E-state index contributed by atoms with van der Waals surface area (Å²) >= 11 is 0. The summed E-state index contributed by atoms with van der Waals surface area (Å²) in [5, 5.41) is -15.7. The molecule has 0 aromatic heterocycles. The summed E-state index contributed by atoms with van der Waals surface area (Å²) in [5.41, 5.74) is -7.51. The molecule has 0 unspecified atom stereocenters. The van der Waals surface area contributed by atoms with E-state index in [2.05, 4.69) is 0 Å². The van der Waals surface area contributed by atoms with Gasteiger partial charge in [0.25, 0.3) is 29.5 Å². The minimum absolute atomic E-state index is 5.43. The molecule has 1 radical (unpaired) electrons. The lowest BCUT2D eigenvalue weighted by atomic mass is 10.7. The highest BCUT2D eigenvalue weighted by Crippen LogP contribution is 2.54. The maximum absolute atomic E-state index is 12.9.